The highest BCUT2D eigenvalue weighted by Gasteiger charge is 2.55. The number of carbonyl (C=O) groups excluding carboxylic acids is 2. The summed E-state index contributed by atoms with van der Waals surface area (Å²) in [5, 5.41) is 0. The number of hydrogen-bond donors (Lipinski definition) is 0. The fraction of sp³-hybridized carbons (Fsp3) is 0.467. The molecule has 3 atom stereocenters. The second-order valence-corrected chi connectivity index (χ2v) is 5.20. The third kappa shape index (κ3) is 1.87. The summed E-state index contributed by atoms with van der Waals surface area (Å²) in [5.41, 5.74) is 0.488. The number of Topliss-reactive ketones (excluding diaryl/α,β-unsaturated/α-hetero) is 1. The van der Waals surface area contributed by atoms with E-state index in [2.05, 4.69) is 0 Å². The van der Waals surface area contributed by atoms with E-state index in [9.17, 15) is 9.59 Å². The molecule has 0 saturated carbocycles. The van der Waals surface area contributed by atoms with E-state index in [1.165, 1.54) is 7.11 Å². The molecule has 2 heterocycles. The zero-order valence-electron chi connectivity index (χ0n) is 10.8. The van der Waals surface area contributed by atoms with Gasteiger partial charge in [0.2, 0.25) is 0 Å². The second kappa shape index (κ2) is 4.46. The van der Waals surface area contributed by atoms with Crippen LogP contribution in [0.4, 0.5) is 0 Å². The number of carbonyl (C=O) groups is 2. The number of esters is 1. The quantitative estimate of drug-likeness (QED) is 0.601. The second-order valence-electron chi connectivity index (χ2n) is 5.20. The number of methoxy groups -OCH3 is 1. The van der Waals surface area contributed by atoms with Gasteiger partial charge in [0, 0.05) is 6.42 Å². The summed E-state index contributed by atoms with van der Waals surface area (Å²) in [5.74, 6) is -1.28. The molecule has 2 bridgehead atoms. The molecule has 1 aromatic carbocycles. The summed E-state index contributed by atoms with van der Waals surface area (Å²) < 4.78 is 10.8. The average molecular weight is 260 g/mol. The highest BCUT2D eigenvalue weighted by atomic mass is 16.5. The SMILES string of the molecule is COC(=O)[C@@H]1C(=O)C[C@]2(c3ccccc3)CC[C@H]1O2. The molecule has 1 aromatic rings. The van der Waals surface area contributed by atoms with Crippen LogP contribution < -0.4 is 0 Å². The number of ether oxygens (including phenoxy) is 2. The number of rotatable bonds is 2. The van der Waals surface area contributed by atoms with Crippen molar-refractivity contribution in [3.05, 3.63) is 35.9 Å². The fourth-order valence-corrected chi connectivity index (χ4v) is 3.21. The maximum atomic E-state index is 12.3. The Balaban J connectivity index is 1.92. The molecular weight excluding hydrogens is 244 g/mol. The largest absolute Gasteiger partial charge is 0.468 e. The molecule has 0 aromatic heterocycles. The highest BCUT2D eigenvalue weighted by molar-refractivity contribution is 6.01. The molecule has 0 amide bonds. The van der Waals surface area contributed by atoms with Gasteiger partial charge in [-0.05, 0) is 18.4 Å². The molecule has 0 spiro atoms. The van der Waals surface area contributed by atoms with Crippen molar-refractivity contribution in [2.24, 2.45) is 5.92 Å². The summed E-state index contributed by atoms with van der Waals surface area (Å²) in [6, 6.07) is 9.78. The number of ketones is 1. The summed E-state index contributed by atoms with van der Waals surface area (Å²) in [6.45, 7) is 0. The van der Waals surface area contributed by atoms with Crippen molar-refractivity contribution in [3.63, 3.8) is 0 Å². The number of hydrogen-bond acceptors (Lipinski definition) is 4. The van der Waals surface area contributed by atoms with Crippen molar-refractivity contribution in [2.45, 2.75) is 31.0 Å². The van der Waals surface area contributed by atoms with Crippen molar-refractivity contribution < 1.29 is 19.1 Å². The van der Waals surface area contributed by atoms with Crippen LogP contribution in [0.2, 0.25) is 0 Å². The standard InChI is InChI=1S/C15H16O4/c1-18-14(17)13-11(16)9-15(8-7-12(13)19-15)10-5-3-2-4-6-10/h2-6,12-13H,7-9H2,1H3/t12-,13-,15+/m1/s1. The molecule has 4 nitrogen and oxygen atoms in total. The van der Waals surface area contributed by atoms with E-state index in [4.69, 9.17) is 9.47 Å². The summed E-state index contributed by atoms with van der Waals surface area (Å²) in [6.07, 6.45) is 1.42. The zero-order valence-corrected chi connectivity index (χ0v) is 10.8. The van der Waals surface area contributed by atoms with Crippen LogP contribution in [-0.2, 0) is 24.7 Å². The molecule has 19 heavy (non-hydrogen) atoms. The summed E-state index contributed by atoms with van der Waals surface area (Å²) in [7, 11) is 1.31. The summed E-state index contributed by atoms with van der Waals surface area (Å²) >= 11 is 0. The minimum atomic E-state index is -0.746. The van der Waals surface area contributed by atoms with E-state index < -0.39 is 17.5 Å². The first-order valence-electron chi connectivity index (χ1n) is 6.50. The van der Waals surface area contributed by atoms with Crippen molar-refractivity contribution in [1.82, 2.24) is 0 Å². The Hall–Kier alpha value is -1.68. The molecule has 2 aliphatic heterocycles. The predicted octanol–water partition coefficient (Wildman–Crippen LogP) is 1.82. The first-order chi connectivity index (χ1) is 9.16. The Morgan fingerprint density at radius 3 is 2.79 bits per heavy atom. The Morgan fingerprint density at radius 2 is 2.11 bits per heavy atom. The fourth-order valence-electron chi connectivity index (χ4n) is 3.21. The van der Waals surface area contributed by atoms with Gasteiger partial charge < -0.3 is 9.47 Å². The van der Waals surface area contributed by atoms with Gasteiger partial charge in [-0.3, -0.25) is 9.59 Å². The normalized spacial score (nSPS) is 33.2. The first kappa shape index (κ1) is 12.4. The van der Waals surface area contributed by atoms with Gasteiger partial charge in [0.25, 0.3) is 0 Å². The highest BCUT2D eigenvalue weighted by Crippen LogP contribution is 2.48. The van der Waals surface area contributed by atoms with Crippen molar-refractivity contribution in [2.75, 3.05) is 7.11 Å². The molecule has 0 aliphatic carbocycles. The van der Waals surface area contributed by atoms with Gasteiger partial charge in [-0.2, -0.15) is 0 Å². The van der Waals surface area contributed by atoms with E-state index in [0.29, 0.717) is 0 Å². The smallest absolute Gasteiger partial charge is 0.318 e. The van der Waals surface area contributed by atoms with Gasteiger partial charge in [-0.1, -0.05) is 30.3 Å². The van der Waals surface area contributed by atoms with Gasteiger partial charge in [0.15, 0.2) is 5.78 Å². The maximum absolute atomic E-state index is 12.3. The molecule has 2 saturated heterocycles. The van der Waals surface area contributed by atoms with Gasteiger partial charge in [0.05, 0.1) is 13.2 Å². The Kier molecular flexibility index (Phi) is 2.90. The number of benzene rings is 1. The van der Waals surface area contributed by atoms with Crippen LogP contribution in [0.15, 0.2) is 30.3 Å². The Morgan fingerprint density at radius 1 is 1.37 bits per heavy atom. The van der Waals surface area contributed by atoms with Crippen molar-refractivity contribution >= 4 is 11.8 Å². The Bertz CT molecular complexity index is 510. The predicted molar refractivity (Wildman–Crippen MR) is 67.4 cm³/mol. The van der Waals surface area contributed by atoms with E-state index in [-0.39, 0.29) is 18.3 Å². The maximum Gasteiger partial charge on any atom is 0.318 e. The van der Waals surface area contributed by atoms with Gasteiger partial charge in [-0.25, -0.2) is 0 Å². The molecule has 0 radical (unpaired) electrons. The molecule has 3 rings (SSSR count). The van der Waals surface area contributed by atoms with Crippen LogP contribution in [-0.4, -0.2) is 25.0 Å². The van der Waals surface area contributed by atoms with Gasteiger partial charge in [0.1, 0.15) is 11.5 Å². The minimum Gasteiger partial charge on any atom is -0.468 e. The lowest BCUT2D eigenvalue weighted by Crippen LogP contribution is -2.45. The van der Waals surface area contributed by atoms with Crippen molar-refractivity contribution in [3.8, 4) is 0 Å². The van der Waals surface area contributed by atoms with E-state index in [1.807, 2.05) is 30.3 Å². The molecule has 2 aliphatic rings. The van der Waals surface area contributed by atoms with Crippen LogP contribution in [0, 0.1) is 5.92 Å². The van der Waals surface area contributed by atoms with Crippen LogP contribution in [0.25, 0.3) is 0 Å². The van der Waals surface area contributed by atoms with E-state index in [0.717, 1.165) is 18.4 Å². The van der Waals surface area contributed by atoms with E-state index >= 15 is 0 Å². The van der Waals surface area contributed by atoms with Crippen LogP contribution in [0.1, 0.15) is 24.8 Å². The average Bonchev–Trinajstić information content (AvgIpc) is 2.79. The lowest BCUT2D eigenvalue weighted by Gasteiger charge is -2.36. The zero-order chi connectivity index (χ0) is 13.5. The first-order valence-corrected chi connectivity index (χ1v) is 6.50. The minimum absolute atomic E-state index is 0.0653. The van der Waals surface area contributed by atoms with Gasteiger partial charge in [-0.15, -0.1) is 0 Å². The Labute approximate surface area is 111 Å². The third-order valence-corrected chi connectivity index (χ3v) is 4.14. The van der Waals surface area contributed by atoms with E-state index in [1.54, 1.807) is 0 Å². The molecule has 0 unspecified atom stereocenters. The monoisotopic (exact) mass is 260 g/mol. The molecule has 2 fully saturated rings. The topological polar surface area (TPSA) is 52.6 Å². The van der Waals surface area contributed by atoms with Crippen LogP contribution in [0.5, 0.6) is 0 Å². The van der Waals surface area contributed by atoms with Crippen molar-refractivity contribution in [1.29, 1.82) is 0 Å². The third-order valence-electron chi connectivity index (χ3n) is 4.14. The molecule has 100 valence electrons. The molecular formula is C15H16O4. The van der Waals surface area contributed by atoms with Gasteiger partial charge >= 0.3 is 5.97 Å². The molecule has 4 heteroatoms. The summed E-state index contributed by atoms with van der Waals surface area (Å²) in [4.78, 5) is 23.9. The lowest BCUT2D eigenvalue weighted by molar-refractivity contribution is -0.170. The lowest BCUT2D eigenvalue weighted by atomic mass is 9.84. The van der Waals surface area contributed by atoms with Crippen LogP contribution in [0.3, 0.4) is 0 Å². The van der Waals surface area contributed by atoms with Crippen LogP contribution >= 0.6 is 0 Å². The number of fused-ring (bicyclic) bond motifs is 2. The molecule has 0 N–H and O–H groups in total.